The van der Waals surface area contributed by atoms with Gasteiger partial charge in [0.25, 0.3) is 5.91 Å². The fraction of sp³-hybridized carbons (Fsp3) is 0.471. The van der Waals surface area contributed by atoms with Gasteiger partial charge in [-0.25, -0.2) is 9.97 Å². The normalized spacial score (nSPS) is 18.0. The molecule has 0 saturated carbocycles. The van der Waals surface area contributed by atoms with E-state index in [-0.39, 0.29) is 5.91 Å². The summed E-state index contributed by atoms with van der Waals surface area (Å²) in [6.45, 7) is 4.85. The second kappa shape index (κ2) is 7.26. The predicted octanol–water partition coefficient (Wildman–Crippen LogP) is 2.23. The van der Waals surface area contributed by atoms with E-state index >= 15 is 0 Å². The van der Waals surface area contributed by atoms with Gasteiger partial charge in [0.05, 0.1) is 12.9 Å². The molecule has 0 radical (unpaired) electrons. The average molecular weight is 314 g/mol. The summed E-state index contributed by atoms with van der Waals surface area (Å²) in [6, 6.07) is 3.57. The van der Waals surface area contributed by atoms with E-state index in [4.69, 9.17) is 4.74 Å². The zero-order valence-electron chi connectivity index (χ0n) is 13.4. The average Bonchev–Trinajstić information content (AvgIpc) is 3.08. The number of piperidine rings is 1. The minimum Gasteiger partial charge on any atom is -0.477 e. The minimum absolute atomic E-state index is 0.0110. The number of aromatic nitrogens is 3. The van der Waals surface area contributed by atoms with Gasteiger partial charge in [-0.2, -0.15) is 0 Å². The number of amides is 1. The molecule has 6 nitrogen and oxygen atoms in total. The van der Waals surface area contributed by atoms with Crippen LogP contribution in [0, 0.1) is 5.92 Å². The predicted molar refractivity (Wildman–Crippen MR) is 86.3 cm³/mol. The largest absolute Gasteiger partial charge is 0.477 e. The SMILES string of the molecule is CCOc1ncccc1C(=O)N1CCCC(Cn2ccnc2)C1. The van der Waals surface area contributed by atoms with Gasteiger partial charge in [0, 0.05) is 38.2 Å². The molecule has 1 atom stereocenters. The molecule has 2 aromatic heterocycles. The van der Waals surface area contributed by atoms with Crippen molar-refractivity contribution in [2.75, 3.05) is 19.7 Å². The molecule has 0 N–H and O–H groups in total. The second-order valence-corrected chi connectivity index (χ2v) is 5.81. The number of carbonyl (C=O) groups is 1. The first-order chi connectivity index (χ1) is 11.3. The Morgan fingerprint density at radius 1 is 1.43 bits per heavy atom. The van der Waals surface area contributed by atoms with E-state index in [2.05, 4.69) is 14.5 Å². The van der Waals surface area contributed by atoms with Crippen molar-refractivity contribution < 1.29 is 9.53 Å². The lowest BCUT2D eigenvalue weighted by Gasteiger charge is -2.33. The van der Waals surface area contributed by atoms with Gasteiger partial charge in [-0.3, -0.25) is 4.79 Å². The second-order valence-electron chi connectivity index (χ2n) is 5.81. The van der Waals surface area contributed by atoms with Gasteiger partial charge in [-0.1, -0.05) is 0 Å². The molecule has 23 heavy (non-hydrogen) atoms. The minimum atomic E-state index is 0.0110. The highest BCUT2D eigenvalue weighted by Crippen LogP contribution is 2.23. The fourth-order valence-electron chi connectivity index (χ4n) is 3.07. The first kappa shape index (κ1) is 15.5. The summed E-state index contributed by atoms with van der Waals surface area (Å²) in [6.07, 6.45) is 9.39. The number of ether oxygens (including phenoxy) is 1. The Morgan fingerprint density at radius 3 is 3.13 bits per heavy atom. The molecule has 3 rings (SSSR count). The van der Waals surface area contributed by atoms with Crippen LogP contribution in [0.4, 0.5) is 0 Å². The third-order valence-corrected chi connectivity index (χ3v) is 4.12. The lowest BCUT2D eigenvalue weighted by atomic mass is 9.97. The molecule has 6 heteroatoms. The number of nitrogens with zero attached hydrogens (tertiary/aromatic N) is 4. The maximum absolute atomic E-state index is 12.8. The highest BCUT2D eigenvalue weighted by Gasteiger charge is 2.26. The van der Waals surface area contributed by atoms with E-state index < -0.39 is 0 Å². The molecular weight excluding hydrogens is 292 g/mol. The summed E-state index contributed by atoms with van der Waals surface area (Å²) < 4.78 is 7.57. The molecule has 1 fully saturated rings. The van der Waals surface area contributed by atoms with Gasteiger partial charge >= 0.3 is 0 Å². The van der Waals surface area contributed by atoms with Crippen LogP contribution < -0.4 is 4.74 Å². The molecule has 3 heterocycles. The number of imidazole rings is 1. The van der Waals surface area contributed by atoms with Gasteiger partial charge in [-0.15, -0.1) is 0 Å². The first-order valence-electron chi connectivity index (χ1n) is 8.10. The van der Waals surface area contributed by atoms with Gasteiger partial charge in [0.1, 0.15) is 5.56 Å². The molecule has 0 bridgehead atoms. The van der Waals surface area contributed by atoms with Crippen molar-refractivity contribution in [1.29, 1.82) is 0 Å². The molecule has 122 valence electrons. The summed E-state index contributed by atoms with van der Waals surface area (Å²) in [5.41, 5.74) is 0.553. The van der Waals surface area contributed by atoms with Crippen molar-refractivity contribution in [2.24, 2.45) is 5.92 Å². The Kier molecular flexibility index (Phi) is 4.90. The van der Waals surface area contributed by atoms with Crippen LogP contribution in [0.15, 0.2) is 37.1 Å². The van der Waals surface area contributed by atoms with Crippen molar-refractivity contribution in [3.8, 4) is 5.88 Å². The summed E-state index contributed by atoms with van der Waals surface area (Å²) in [7, 11) is 0. The molecule has 1 aliphatic heterocycles. The Morgan fingerprint density at radius 2 is 2.35 bits per heavy atom. The van der Waals surface area contributed by atoms with E-state index in [1.807, 2.05) is 24.3 Å². The van der Waals surface area contributed by atoms with Crippen LogP contribution in [0.3, 0.4) is 0 Å². The summed E-state index contributed by atoms with van der Waals surface area (Å²) >= 11 is 0. The monoisotopic (exact) mass is 314 g/mol. The summed E-state index contributed by atoms with van der Waals surface area (Å²) in [5, 5.41) is 0. The third kappa shape index (κ3) is 3.70. The standard InChI is InChI=1S/C17H22N4O2/c1-2-23-16-15(6-3-7-19-16)17(22)21-9-4-5-14(12-21)11-20-10-8-18-13-20/h3,6-8,10,13-14H,2,4-5,9,11-12H2,1H3. The Balaban J connectivity index is 1.69. The van der Waals surface area contributed by atoms with E-state index in [0.29, 0.717) is 24.0 Å². The number of rotatable bonds is 5. The van der Waals surface area contributed by atoms with Crippen LogP contribution in [0.25, 0.3) is 0 Å². The van der Waals surface area contributed by atoms with Gasteiger partial charge in [-0.05, 0) is 37.8 Å². The zero-order valence-corrected chi connectivity index (χ0v) is 13.4. The third-order valence-electron chi connectivity index (χ3n) is 4.12. The van der Waals surface area contributed by atoms with Crippen LogP contribution in [-0.2, 0) is 6.54 Å². The van der Waals surface area contributed by atoms with Crippen molar-refractivity contribution in [3.63, 3.8) is 0 Å². The van der Waals surface area contributed by atoms with Crippen LogP contribution in [0.1, 0.15) is 30.1 Å². The summed E-state index contributed by atoms with van der Waals surface area (Å²) in [5.74, 6) is 0.891. The highest BCUT2D eigenvalue weighted by molar-refractivity contribution is 5.96. The molecule has 0 aliphatic carbocycles. The molecule has 2 aromatic rings. The molecule has 0 spiro atoms. The maximum atomic E-state index is 12.8. The first-order valence-corrected chi connectivity index (χ1v) is 8.10. The molecule has 1 aliphatic rings. The lowest BCUT2D eigenvalue weighted by Crippen LogP contribution is -2.41. The number of hydrogen-bond donors (Lipinski definition) is 0. The van der Waals surface area contributed by atoms with E-state index in [1.165, 1.54) is 0 Å². The Bertz CT molecular complexity index is 642. The highest BCUT2D eigenvalue weighted by atomic mass is 16.5. The number of hydrogen-bond acceptors (Lipinski definition) is 4. The van der Waals surface area contributed by atoms with Gasteiger partial charge in [0.15, 0.2) is 0 Å². The number of likely N-dealkylation sites (tertiary alicyclic amines) is 1. The van der Waals surface area contributed by atoms with Crippen LogP contribution in [0.2, 0.25) is 0 Å². The molecule has 1 amide bonds. The van der Waals surface area contributed by atoms with E-state index in [1.54, 1.807) is 24.5 Å². The van der Waals surface area contributed by atoms with E-state index in [9.17, 15) is 4.79 Å². The van der Waals surface area contributed by atoms with Crippen molar-refractivity contribution >= 4 is 5.91 Å². The quantitative estimate of drug-likeness (QED) is 0.849. The molecule has 1 unspecified atom stereocenters. The van der Waals surface area contributed by atoms with Crippen LogP contribution in [-0.4, -0.2) is 45.0 Å². The fourth-order valence-corrected chi connectivity index (χ4v) is 3.07. The van der Waals surface area contributed by atoms with E-state index in [0.717, 1.165) is 32.5 Å². The van der Waals surface area contributed by atoms with Gasteiger partial charge < -0.3 is 14.2 Å². The van der Waals surface area contributed by atoms with Crippen molar-refractivity contribution in [2.45, 2.75) is 26.3 Å². The Hall–Kier alpha value is -2.37. The molecule has 0 aromatic carbocycles. The number of pyridine rings is 1. The topological polar surface area (TPSA) is 60.2 Å². The smallest absolute Gasteiger partial charge is 0.259 e. The van der Waals surface area contributed by atoms with Crippen molar-refractivity contribution in [1.82, 2.24) is 19.4 Å². The van der Waals surface area contributed by atoms with Crippen LogP contribution >= 0.6 is 0 Å². The molecular formula is C17H22N4O2. The van der Waals surface area contributed by atoms with Gasteiger partial charge in [0.2, 0.25) is 5.88 Å². The zero-order chi connectivity index (χ0) is 16.1. The molecule has 1 saturated heterocycles. The lowest BCUT2D eigenvalue weighted by molar-refractivity contribution is 0.0657. The number of carbonyl (C=O) groups excluding carboxylic acids is 1. The van der Waals surface area contributed by atoms with Crippen LogP contribution in [0.5, 0.6) is 5.88 Å². The summed E-state index contributed by atoms with van der Waals surface area (Å²) in [4.78, 5) is 23.0. The van der Waals surface area contributed by atoms with Crippen molar-refractivity contribution in [3.05, 3.63) is 42.6 Å². The Labute approximate surface area is 136 Å². The maximum Gasteiger partial charge on any atom is 0.259 e.